The second-order valence-corrected chi connectivity index (χ2v) is 4.39. The van der Waals surface area contributed by atoms with Gasteiger partial charge in [0.2, 0.25) is 0 Å². The van der Waals surface area contributed by atoms with Crippen LogP contribution in [0.1, 0.15) is 45.4 Å². The van der Waals surface area contributed by atoms with E-state index in [2.05, 4.69) is 35.8 Å². The SMILES string of the molecule is C=CCCCN(C)C(=NC)NCCCCCC.I. The van der Waals surface area contributed by atoms with Gasteiger partial charge in [0, 0.05) is 27.2 Å². The number of hydrogen-bond acceptors (Lipinski definition) is 1. The highest BCUT2D eigenvalue weighted by Crippen LogP contribution is 1.98. The molecule has 108 valence electrons. The summed E-state index contributed by atoms with van der Waals surface area (Å²) < 4.78 is 0. The lowest BCUT2D eigenvalue weighted by molar-refractivity contribution is 0.468. The largest absolute Gasteiger partial charge is 0.356 e. The second-order valence-electron chi connectivity index (χ2n) is 4.39. The van der Waals surface area contributed by atoms with Crippen LogP contribution in [0.25, 0.3) is 0 Å². The van der Waals surface area contributed by atoms with Crippen molar-refractivity contribution in [3.63, 3.8) is 0 Å². The zero-order valence-corrected chi connectivity index (χ0v) is 14.6. The van der Waals surface area contributed by atoms with Crippen LogP contribution in [-0.2, 0) is 0 Å². The van der Waals surface area contributed by atoms with Gasteiger partial charge in [-0.1, -0.05) is 32.3 Å². The third-order valence-corrected chi connectivity index (χ3v) is 2.79. The summed E-state index contributed by atoms with van der Waals surface area (Å²) in [5.41, 5.74) is 0. The van der Waals surface area contributed by atoms with E-state index in [1.54, 1.807) is 0 Å². The number of nitrogens with zero attached hydrogens (tertiary/aromatic N) is 2. The van der Waals surface area contributed by atoms with Crippen molar-refractivity contribution in [2.75, 3.05) is 27.2 Å². The molecule has 4 heteroatoms. The Bertz CT molecular complexity index is 217. The molecule has 0 aliphatic rings. The molecule has 0 rings (SSSR count). The molecule has 0 heterocycles. The first-order valence-corrected chi connectivity index (χ1v) is 6.79. The fourth-order valence-corrected chi connectivity index (χ4v) is 1.72. The molecule has 3 nitrogen and oxygen atoms in total. The van der Waals surface area contributed by atoms with Gasteiger partial charge in [0.05, 0.1) is 0 Å². The Morgan fingerprint density at radius 1 is 1.28 bits per heavy atom. The summed E-state index contributed by atoms with van der Waals surface area (Å²) in [6, 6.07) is 0. The highest BCUT2D eigenvalue weighted by Gasteiger charge is 2.03. The van der Waals surface area contributed by atoms with Gasteiger partial charge in [-0.05, 0) is 19.3 Å². The van der Waals surface area contributed by atoms with Gasteiger partial charge in [0.1, 0.15) is 0 Å². The fourth-order valence-electron chi connectivity index (χ4n) is 1.72. The first-order chi connectivity index (χ1) is 8.26. The highest BCUT2D eigenvalue weighted by molar-refractivity contribution is 14.0. The summed E-state index contributed by atoms with van der Waals surface area (Å²) in [6.45, 7) is 8.03. The Kier molecular flexibility index (Phi) is 16.5. The van der Waals surface area contributed by atoms with E-state index in [1.807, 2.05) is 13.1 Å². The van der Waals surface area contributed by atoms with E-state index in [1.165, 1.54) is 25.7 Å². The summed E-state index contributed by atoms with van der Waals surface area (Å²) in [6.07, 6.45) is 9.32. The lowest BCUT2D eigenvalue weighted by Gasteiger charge is -2.21. The summed E-state index contributed by atoms with van der Waals surface area (Å²) >= 11 is 0. The normalized spacial score (nSPS) is 10.7. The van der Waals surface area contributed by atoms with E-state index >= 15 is 0 Å². The van der Waals surface area contributed by atoms with Crippen molar-refractivity contribution in [3.8, 4) is 0 Å². The monoisotopic (exact) mass is 367 g/mol. The molecule has 18 heavy (non-hydrogen) atoms. The summed E-state index contributed by atoms with van der Waals surface area (Å²) in [7, 11) is 3.93. The van der Waals surface area contributed by atoms with Crippen molar-refractivity contribution < 1.29 is 0 Å². The molecule has 0 bridgehead atoms. The first kappa shape index (κ1) is 20.1. The van der Waals surface area contributed by atoms with Gasteiger partial charge >= 0.3 is 0 Å². The third-order valence-electron chi connectivity index (χ3n) is 2.79. The Balaban J connectivity index is 0. The number of allylic oxidation sites excluding steroid dienone is 1. The second kappa shape index (κ2) is 14.8. The van der Waals surface area contributed by atoms with Crippen LogP contribution in [0.5, 0.6) is 0 Å². The van der Waals surface area contributed by atoms with Crippen LogP contribution >= 0.6 is 24.0 Å². The van der Waals surface area contributed by atoms with Crippen molar-refractivity contribution in [1.82, 2.24) is 10.2 Å². The molecule has 0 spiro atoms. The van der Waals surface area contributed by atoms with E-state index in [-0.39, 0.29) is 24.0 Å². The molecule has 0 aromatic carbocycles. The quantitative estimate of drug-likeness (QED) is 0.221. The Morgan fingerprint density at radius 3 is 2.56 bits per heavy atom. The topological polar surface area (TPSA) is 27.6 Å². The molecule has 0 fully saturated rings. The minimum absolute atomic E-state index is 0. The van der Waals surface area contributed by atoms with Crippen LogP contribution < -0.4 is 5.32 Å². The Morgan fingerprint density at radius 2 is 2.00 bits per heavy atom. The third kappa shape index (κ3) is 10.9. The van der Waals surface area contributed by atoms with Crippen molar-refractivity contribution in [1.29, 1.82) is 0 Å². The predicted molar refractivity (Wildman–Crippen MR) is 93.0 cm³/mol. The molecule has 0 atom stereocenters. The van der Waals surface area contributed by atoms with Gasteiger partial charge in [-0.2, -0.15) is 0 Å². The van der Waals surface area contributed by atoms with Crippen LogP contribution in [0.2, 0.25) is 0 Å². The number of rotatable bonds is 9. The molecule has 0 aliphatic heterocycles. The van der Waals surface area contributed by atoms with Crippen LogP contribution in [-0.4, -0.2) is 38.0 Å². The number of hydrogen-bond donors (Lipinski definition) is 1. The smallest absolute Gasteiger partial charge is 0.193 e. The van der Waals surface area contributed by atoms with Crippen LogP contribution in [0.4, 0.5) is 0 Å². The standard InChI is InChI=1S/C14H29N3.HI/c1-5-7-9-10-12-16-14(15-3)17(4)13-11-8-6-2;/h6H,2,5,7-13H2,1,3-4H3,(H,15,16);1H. The van der Waals surface area contributed by atoms with Gasteiger partial charge in [0.25, 0.3) is 0 Å². The molecule has 0 aromatic heterocycles. The number of aliphatic imine (C=N–C) groups is 1. The van der Waals surface area contributed by atoms with Gasteiger partial charge in [0.15, 0.2) is 5.96 Å². The van der Waals surface area contributed by atoms with Crippen LogP contribution in [0.3, 0.4) is 0 Å². The molecule has 0 aromatic rings. The molecule has 1 N–H and O–H groups in total. The van der Waals surface area contributed by atoms with E-state index in [9.17, 15) is 0 Å². The molecule has 0 saturated heterocycles. The van der Waals surface area contributed by atoms with Gasteiger partial charge in [-0.3, -0.25) is 4.99 Å². The number of nitrogens with one attached hydrogen (secondary N) is 1. The summed E-state index contributed by atoms with van der Waals surface area (Å²) in [4.78, 5) is 6.47. The predicted octanol–water partition coefficient (Wildman–Crippen LogP) is 3.66. The Hall–Kier alpha value is -0.260. The van der Waals surface area contributed by atoms with E-state index in [0.29, 0.717) is 0 Å². The van der Waals surface area contributed by atoms with Gasteiger partial charge in [-0.15, -0.1) is 30.6 Å². The Labute approximate surface area is 130 Å². The summed E-state index contributed by atoms with van der Waals surface area (Å²) in [5, 5.41) is 3.41. The van der Waals surface area contributed by atoms with Gasteiger partial charge < -0.3 is 10.2 Å². The van der Waals surface area contributed by atoms with E-state index in [4.69, 9.17) is 0 Å². The maximum Gasteiger partial charge on any atom is 0.193 e. The summed E-state index contributed by atoms with van der Waals surface area (Å²) in [5.74, 6) is 1.01. The van der Waals surface area contributed by atoms with Crippen molar-refractivity contribution in [2.24, 2.45) is 4.99 Å². The fraction of sp³-hybridized carbons (Fsp3) is 0.786. The minimum Gasteiger partial charge on any atom is -0.356 e. The number of halogens is 1. The lowest BCUT2D eigenvalue weighted by atomic mass is 10.2. The zero-order valence-electron chi connectivity index (χ0n) is 12.2. The van der Waals surface area contributed by atoms with E-state index < -0.39 is 0 Å². The lowest BCUT2D eigenvalue weighted by Crippen LogP contribution is -2.39. The van der Waals surface area contributed by atoms with Crippen LogP contribution in [0.15, 0.2) is 17.6 Å². The molecular weight excluding hydrogens is 337 g/mol. The zero-order chi connectivity index (χ0) is 12.9. The molecule has 0 aliphatic carbocycles. The number of unbranched alkanes of at least 4 members (excludes halogenated alkanes) is 4. The molecule has 0 saturated carbocycles. The highest BCUT2D eigenvalue weighted by atomic mass is 127. The van der Waals surface area contributed by atoms with Crippen molar-refractivity contribution in [2.45, 2.75) is 45.4 Å². The van der Waals surface area contributed by atoms with Crippen molar-refractivity contribution in [3.05, 3.63) is 12.7 Å². The molecule has 0 amide bonds. The molecule has 0 radical (unpaired) electrons. The maximum absolute atomic E-state index is 4.29. The molecule has 0 unspecified atom stereocenters. The van der Waals surface area contributed by atoms with E-state index in [0.717, 1.165) is 31.9 Å². The maximum atomic E-state index is 4.29. The molecular formula is C14H30IN3. The van der Waals surface area contributed by atoms with Gasteiger partial charge in [-0.25, -0.2) is 0 Å². The minimum atomic E-state index is 0. The first-order valence-electron chi connectivity index (χ1n) is 6.79. The average molecular weight is 367 g/mol. The van der Waals surface area contributed by atoms with Crippen LogP contribution in [0, 0.1) is 0 Å². The van der Waals surface area contributed by atoms with Crippen molar-refractivity contribution >= 4 is 29.9 Å². The number of guanidine groups is 1. The average Bonchev–Trinajstić information content (AvgIpc) is 2.34.